The summed E-state index contributed by atoms with van der Waals surface area (Å²) in [5.74, 6) is 6.92. The normalized spacial score (nSPS) is 12.8. The topological polar surface area (TPSA) is 35.2 Å². The summed E-state index contributed by atoms with van der Waals surface area (Å²) in [4.78, 5) is 0. The fourth-order valence-corrected chi connectivity index (χ4v) is 7.69. The summed E-state index contributed by atoms with van der Waals surface area (Å²) in [5.41, 5.74) is 6.00. The predicted octanol–water partition coefficient (Wildman–Crippen LogP) is 4.28. The molecule has 2 rings (SSSR count). The summed E-state index contributed by atoms with van der Waals surface area (Å²) < 4.78 is 6.64. The van der Waals surface area contributed by atoms with Crippen LogP contribution in [0.15, 0.2) is 60.7 Å². The zero-order chi connectivity index (χ0) is 19.8. The van der Waals surface area contributed by atoms with Gasteiger partial charge in [0, 0.05) is 12.6 Å². The summed E-state index contributed by atoms with van der Waals surface area (Å²) in [5, 5.41) is 2.62. The lowest BCUT2D eigenvalue weighted by molar-refractivity contribution is 0.278. The number of hydrogen-bond acceptors (Lipinski definition) is 2. The van der Waals surface area contributed by atoms with Gasteiger partial charge in [0.25, 0.3) is 22.5 Å². The van der Waals surface area contributed by atoms with E-state index >= 15 is 0 Å². The molecule has 0 fully saturated rings. The predicted molar refractivity (Wildman–Crippen MR) is 121 cm³/mol. The van der Waals surface area contributed by atoms with Gasteiger partial charge in [-0.1, -0.05) is 81.4 Å². The van der Waals surface area contributed by atoms with Crippen molar-refractivity contribution in [2.75, 3.05) is 6.61 Å². The molecule has 0 aliphatic heterocycles. The van der Waals surface area contributed by atoms with E-state index in [4.69, 9.17) is 10.2 Å². The van der Waals surface area contributed by atoms with E-state index in [0.717, 1.165) is 0 Å². The monoisotopic (exact) mass is 385 g/mol. The largest absolute Gasteiger partial charge is 0.406 e. The molecule has 1 atom stereocenters. The Hall–Kier alpha value is -0.891. The number of benzene rings is 2. The molecule has 26 heavy (non-hydrogen) atoms. The second-order valence-electron chi connectivity index (χ2n) is 8.68. The fraction of sp³-hybridized carbons (Fsp3) is 0.455. The van der Waals surface area contributed by atoms with Crippen LogP contribution in [0.2, 0.25) is 22.4 Å². The molecule has 0 radical (unpaired) electrons. The summed E-state index contributed by atoms with van der Waals surface area (Å²) in [6.07, 6.45) is 0. The van der Waals surface area contributed by atoms with E-state index in [1.54, 1.807) is 0 Å². The second-order valence-corrected chi connectivity index (χ2v) is 16.5. The van der Waals surface area contributed by atoms with Crippen molar-refractivity contribution in [1.82, 2.24) is 0 Å². The first-order valence-corrected chi connectivity index (χ1v) is 15.0. The van der Waals surface area contributed by atoms with E-state index in [1.807, 2.05) is 6.92 Å². The maximum atomic E-state index is 6.64. The Bertz CT molecular complexity index is 581. The van der Waals surface area contributed by atoms with Gasteiger partial charge >= 0.3 is 0 Å². The lowest BCUT2D eigenvalue weighted by Gasteiger charge is -2.43. The minimum absolute atomic E-state index is 0.0184. The summed E-state index contributed by atoms with van der Waals surface area (Å²) in [6.45, 7) is 9.41. The SMILES string of the molecule is C[C@H](N)CO[Si](c1ccccc1)(c1ccccc1)C(C)(C)C.[CH3][Al]([CH3])[CH3]. The van der Waals surface area contributed by atoms with Crippen LogP contribution in [0.4, 0.5) is 0 Å². The van der Waals surface area contributed by atoms with Crippen molar-refractivity contribution in [3.05, 3.63) is 60.7 Å². The van der Waals surface area contributed by atoms with E-state index in [9.17, 15) is 0 Å². The third kappa shape index (κ3) is 6.37. The van der Waals surface area contributed by atoms with Gasteiger partial charge in [0.1, 0.15) is 0 Å². The average Bonchev–Trinajstić information content (AvgIpc) is 2.55. The number of hydrogen-bond donors (Lipinski definition) is 1. The Kier molecular flexibility index (Phi) is 9.30. The van der Waals surface area contributed by atoms with Crippen molar-refractivity contribution >= 4 is 32.8 Å². The van der Waals surface area contributed by atoms with Gasteiger partial charge < -0.3 is 10.2 Å². The summed E-state index contributed by atoms with van der Waals surface area (Å²) in [6, 6.07) is 21.3. The Morgan fingerprint density at radius 1 is 0.885 bits per heavy atom. The smallest absolute Gasteiger partial charge is 0.261 e. The van der Waals surface area contributed by atoms with Crippen LogP contribution >= 0.6 is 0 Å². The highest BCUT2D eigenvalue weighted by molar-refractivity contribution is 6.99. The molecular weight excluding hydrogens is 349 g/mol. The highest BCUT2D eigenvalue weighted by Gasteiger charge is 2.50. The molecule has 0 bridgehead atoms. The molecule has 0 unspecified atom stereocenters. The fourth-order valence-electron chi connectivity index (χ4n) is 3.02. The molecule has 0 amide bonds. The molecule has 0 saturated carbocycles. The average molecular weight is 386 g/mol. The van der Waals surface area contributed by atoms with Crippen molar-refractivity contribution in [3.63, 3.8) is 0 Å². The minimum Gasteiger partial charge on any atom is -0.406 e. The zero-order valence-electron chi connectivity index (χ0n) is 17.6. The first-order chi connectivity index (χ1) is 12.1. The lowest BCUT2D eigenvalue weighted by atomic mass is 10.2. The highest BCUT2D eigenvalue weighted by atomic mass is 28.4. The molecular formula is C22H36AlNOSi. The first-order valence-electron chi connectivity index (χ1n) is 9.62. The molecule has 0 aliphatic carbocycles. The van der Waals surface area contributed by atoms with Crippen LogP contribution in [0.5, 0.6) is 0 Å². The number of nitrogens with two attached hydrogens (primary N) is 1. The van der Waals surface area contributed by atoms with E-state index in [1.165, 1.54) is 10.4 Å². The molecule has 0 heterocycles. The molecule has 2 N–H and O–H groups in total. The Labute approximate surface area is 166 Å². The third-order valence-corrected chi connectivity index (χ3v) is 8.98. The van der Waals surface area contributed by atoms with Crippen molar-refractivity contribution in [1.29, 1.82) is 0 Å². The molecule has 2 aromatic carbocycles. The second kappa shape index (κ2) is 10.4. The van der Waals surface area contributed by atoms with Crippen LogP contribution in [0.25, 0.3) is 0 Å². The zero-order valence-corrected chi connectivity index (χ0v) is 19.8. The quantitative estimate of drug-likeness (QED) is 0.780. The van der Waals surface area contributed by atoms with Crippen LogP contribution in [-0.4, -0.2) is 35.1 Å². The van der Waals surface area contributed by atoms with Gasteiger partial charge in [-0.2, -0.15) is 0 Å². The summed E-state index contributed by atoms with van der Waals surface area (Å²) in [7, 11) is -2.39. The molecule has 0 saturated heterocycles. The standard InChI is InChI=1S/C19H27NOSi.3CH3.Al/c1-16(20)15-21-22(19(2,3)4,17-11-7-5-8-12-17)18-13-9-6-10-14-18;;;;/h5-14,16H,15,20H2,1-4H3;3*1H3;/t16-;;;;/m0..../s1. The van der Waals surface area contributed by atoms with Crippen LogP contribution in [0.1, 0.15) is 27.7 Å². The van der Waals surface area contributed by atoms with Crippen LogP contribution < -0.4 is 16.1 Å². The van der Waals surface area contributed by atoms with Crippen molar-refractivity contribution < 1.29 is 4.43 Å². The van der Waals surface area contributed by atoms with E-state index < -0.39 is 8.32 Å². The lowest BCUT2D eigenvalue weighted by Crippen LogP contribution is -2.67. The van der Waals surface area contributed by atoms with E-state index in [-0.39, 0.29) is 25.2 Å². The van der Waals surface area contributed by atoms with Gasteiger partial charge in [-0.3, -0.25) is 0 Å². The molecule has 2 aromatic rings. The van der Waals surface area contributed by atoms with Crippen molar-refractivity contribution in [3.8, 4) is 0 Å². The number of rotatable bonds is 5. The molecule has 4 heteroatoms. The Morgan fingerprint density at radius 3 is 1.50 bits per heavy atom. The van der Waals surface area contributed by atoms with Gasteiger partial charge in [0.05, 0.1) is 0 Å². The highest BCUT2D eigenvalue weighted by Crippen LogP contribution is 2.36. The third-order valence-electron chi connectivity index (χ3n) is 3.98. The molecule has 2 nitrogen and oxygen atoms in total. The molecule has 0 spiro atoms. The van der Waals surface area contributed by atoms with Gasteiger partial charge in [0.2, 0.25) is 0 Å². The van der Waals surface area contributed by atoms with Crippen LogP contribution in [0.3, 0.4) is 0 Å². The van der Waals surface area contributed by atoms with Crippen LogP contribution in [0, 0.1) is 0 Å². The Balaban J connectivity index is 0.000000765. The van der Waals surface area contributed by atoms with E-state index in [2.05, 4.69) is 98.8 Å². The van der Waals surface area contributed by atoms with Crippen molar-refractivity contribution in [2.45, 2.75) is 56.1 Å². The molecule has 142 valence electrons. The maximum Gasteiger partial charge on any atom is 0.261 e. The first kappa shape index (κ1) is 23.1. The maximum absolute atomic E-state index is 6.64. The van der Waals surface area contributed by atoms with Crippen molar-refractivity contribution in [2.24, 2.45) is 5.73 Å². The molecule has 0 aromatic heterocycles. The van der Waals surface area contributed by atoms with Gasteiger partial charge in [-0.25, -0.2) is 0 Å². The Morgan fingerprint density at radius 2 is 1.23 bits per heavy atom. The van der Waals surface area contributed by atoms with Gasteiger partial charge in [-0.05, 0) is 22.3 Å². The van der Waals surface area contributed by atoms with Crippen LogP contribution in [-0.2, 0) is 4.43 Å². The van der Waals surface area contributed by atoms with E-state index in [0.29, 0.717) is 6.61 Å². The summed E-state index contributed by atoms with van der Waals surface area (Å²) >= 11 is -0.139. The molecule has 0 aliphatic rings. The van der Waals surface area contributed by atoms with Gasteiger partial charge in [-0.15, -0.1) is 17.4 Å². The van der Waals surface area contributed by atoms with Gasteiger partial charge in [0.15, 0.2) is 0 Å². The minimum atomic E-state index is -2.39.